The van der Waals surface area contributed by atoms with E-state index in [9.17, 15) is 9.59 Å². The summed E-state index contributed by atoms with van der Waals surface area (Å²) in [5.41, 5.74) is 1.89. The van der Waals surface area contributed by atoms with Crippen LogP contribution in [0.4, 0.5) is 4.79 Å². The molecule has 27 heavy (non-hydrogen) atoms. The van der Waals surface area contributed by atoms with Crippen molar-refractivity contribution in [3.8, 4) is 11.3 Å². The first kappa shape index (κ1) is 17.1. The third-order valence-electron chi connectivity index (χ3n) is 4.17. The summed E-state index contributed by atoms with van der Waals surface area (Å²) < 4.78 is 5.77. The monoisotopic (exact) mass is 378 g/mol. The van der Waals surface area contributed by atoms with Gasteiger partial charge in [0.2, 0.25) is 0 Å². The van der Waals surface area contributed by atoms with Crippen LogP contribution in [-0.2, 0) is 11.3 Å². The summed E-state index contributed by atoms with van der Waals surface area (Å²) in [4.78, 5) is 25.9. The van der Waals surface area contributed by atoms with Crippen LogP contribution in [0.3, 0.4) is 0 Å². The molecule has 2 aromatic carbocycles. The summed E-state index contributed by atoms with van der Waals surface area (Å²) in [5, 5.41) is 3.21. The van der Waals surface area contributed by atoms with Gasteiger partial charge in [0.25, 0.3) is 5.91 Å². The number of nitrogens with zero attached hydrogens (tertiary/aromatic N) is 1. The normalized spacial score (nSPS) is 15.4. The van der Waals surface area contributed by atoms with E-state index in [0.717, 1.165) is 11.1 Å². The van der Waals surface area contributed by atoms with Gasteiger partial charge in [0.05, 0.1) is 6.54 Å². The standard InChI is InChI=1S/C21H15ClN2O3/c22-16-8-4-7-15(11-16)19-10-9-17(27-19)12-18-20(25)24(21(26)23-18)13-14-5-2-1-3-6-14/h1-12H,13H2,(H,23,26)/b18-12+. The zero-order chi connectivity index (χ0) is 18.8. The molecule has 1 aromatic heterocycles. The number of rotatable bonds is 4. The lowest BCUT2D eigenvalue weighted by Crippen LogP contribution is -2.30. The molecule has 0 saturated carbocycles. The molecule has 6 heteroatoms. The van der Waals surface area contributed by atoms with Crippen molar-refractivity contribution in [3.05, 3.63) is 88.8 Å². The van der Waals surface area contributed by atoms with E-state index in [1.54, 1.807) is 24.3 Å². The van der Waals surface area contributed by atoms with E-state index in [1.165, 1.54) is 11.0 Å². The molecular formula is C21H15ClN2O3. The number of carbonyl (C=O) groups is 2. The number of nitrogens with one attached hydrogen (secondary N) is 1. The van der Waals surface area contributed by atoms with Gasteiger partial charge >= 0.3 is 6.03 Å². The van der Waals surface area contributed by atoms with Gasteiger partial charge < -0.3 is 9.73 Å². The SMILES string of the molecule is O=C1N/C(=C/c2ccc(-c3cccc(Cl)c3)o2)C(=O)N1Cc1ccccc1. The molecule has 134 valence electrons. The molecule has 5 nitrogen and oxygen atoms in total. The fraction of sp³-hybridized carbons (Fsp3) is 0.0476. The Morgan fingerprint density at radius 3 is 2.59 bits per heavy atom. The summed E-state index contributed by atoms with van der Waals surface area (Å²) >= 11 is 6.01. The summed E-state index contributed by atoms with van der Waals surface area (Å²) in [5.74, 6) is 0.710. The Labute approximate surface area is 160 Å². The fourth-order valence-corrected chi connectivity index (χ4v) is 3.04. The van der Waals surface area contributed by atoms with E-state index in [-0.39, 0.29) is 18.1 Å². The van der Waals surface area contributed by atoms with E-state index in [2.05, 4.69) is 5.32 Å². The quantitative estimate of drug-likeness (QED) is 0.529. The lowest BCUT2D eigenvalue weighted by atomic mass is 10.2. The Morgan fingerprint density at radius 1 is 1.00 bits per heavy atom. The second-order valence-corrected chi connectivity index (χ2v) is 6.51. The smallest absolute Gasteiger partial charge is 0.329 e. The molecule has 0 atom stereocenters. The van der Waals surface area contributed by atoms with Crippen molar-refractivity contribution < 1.29 is 14.0 Å². The molecule has 0 bridgehead atoms. The van der Waals surface area contributed by atoms with Gasteiger partial charge in [-0.25, -0.2) is 4.79 Å². The summed E-state index contributed by atoms with van der Waals surface area (Å²) in [6.45, 7) is 0.217. The van der Waals surface area contributed by atoms with Gasteiger partial charge in [0.1, 0.15) is 17.2 Å². The van der Waals surface area contributed by atoms with Crippen LogP contribution in [0.25, 0.3) is 17.4 Å². The highest BCUT2D eigenvalue weighted by atomic mass is 35.5. The van der Waals surface area contributed by atoms with Crippen LogP contribution in [0.1, 0.15) is 11.3 Å². The third kappa shape index (κ3) is 3.64. The van der Waals surface area contributed by atoms with Gasteiger partial charge in [0, 0.05) is 16.7 Å². The molecule has 0 radical (unpaired) electrons. The predicted molar refractivity (Wildman–Crippen MR) is 103 cm³/mol. The topological polar surface area (TPSA) is 62.6 Å². The van der Waals surface area contributed by atoms with Gasteiger partial charge in [-0.3, -0.25) is 9.69 Å². The average molecular weight is 379 g/mol. The van der Waals surface area contributed by atoms with Gasteiger partial charge in [-0.1, -0.05) is 54.1 Å². The molecule has 2 heterocycles. The number of hydrogen-bond acceptors (Lipinski definition) is 3. The van der Waals surface area contributed by atoms with Gasteiger partial charge in [-0.15, -0.1) is 0 Å². The van der Waals surface area contributed by atoms with Crippen molar-refractivity contribution in [2.75, 3.05) is 0 Å². The van der Waals surface area contributed by atoms with Crippen LogP contribution in [0.5, 0.6) is 0 Å². The molecule has 4 rings (SSSR count). The molecule has 3 amide bonds. The minimum absolute atomic E-state index is 0.183. The van der Waals surface area contributed by atoms with E-state index < -0.39 is 6.03 Å². The highest BCUT2D eigenvalue weighted by molar-refractivity contribution is 6.30. The van der Waals surface area contributed by atoms with Crippen LogP contribution >= 0.6 is 11.6 Å². The molecule has 0 spiro atoms. The molecule has 0 aliphatic carbocycles. The molecule has 1 N–H and O–H groups in total. The van der Waals surface area contributed by atoms with Gasteiger partial charge in [-0.05, 0) is 29.8 Å². The predicted octanol–water partition coefficient (Wildman–Crippen LogP) is 4.69. The number of carbonyl (C=O) groups excluding carboxylic acids is 2. The van der Waals surface area contributed by atoms with Crippen molar-refractivity contribution in [2.24, 2.45) is 0 Å². The first-order chi connectivity index (χ1) is 13.1. The number of urea groups is 1. The molecular weight excluding hydrogens is 364 g/mol. The lowest BCUT2D eigenvalue weighted by Gasteiger charge is -2.11. The van der Waals surface area contributed by atoms with E-state index in [0.29, 0.717) is 16.5 Å². The second-order valence-electron chi connectivity index (χ2n) is 6.08. The molecule has 0 unspecified atom stereocenters. The van der Waals surface area contributed by atoms with Gasteiger partial charge in [0.15, 0.2) is 0 Å². The maximum absolute atomic E-state index is 12.6. The van der Waals surface area contributed by atoms with Crippen molar-refractivity contribution in [2.45, 2.75) is 6.54 Å². The number of furan rings is 1. The Hall–Kier alpha value is -3.31. The summed E-state index contributed by atoms with van der Waals surface area (Å²) in [7, 11) is 0. The number of imide groups is 1. The van der Waals surface area contributed by atoms with E-state index in [1.807, 2.05) is 42.5 Å². The average Bonchev–Trinajstić information content (AvgIpc) is 3.23. The second kappa shape index (κ2) is 7.13. The maximum Gasteiger partial charge on any atom is 0.329 e. The minimum atomic E-state index is -0.447. The van der Waals surface area contributed by atoms with Crippen LogP contribution in [0.15, 0.2) is 76.8 Å². The van der Waals surface area contributed by atoms with Crippen LogP contribution in [-0.4, -0.2) is 16.8 Å². The van der Waals surface area contributed by atoms with Crippen LogP contribution in [0.2, 0.25) is 5.02 Å². The Morgan fingerprint density at radius 2 is 1.81 bits per heavy atom. The third-order valence-corrected chi connectivity index (χ3v) is 4.40. The van der Waals surface area contributed by atoms with Crippen molar-refractivity contribution in [1.82, 2.24) is 10.2 Å². The highest BCUT2D eigenvalue weighted by Gasteiger charge is 2.33. The van der Waals surface area contributed by atoms with Crippen LogP contribution in [0, 0.1) is 0 Å². The van der Waals surface area contributed by atoms with Crippen molar-refractivity contribution in [1.29, 1.82) is 0 Å². The number of halogens is 1. The van der Waals surface area contributed by atoms with Crippen LogP contribution < -0.4 is 5.32 Å². The minimum Gasteiger partial charge on any atom is -0.457 e. The van der Waals surface area contributed by atoms with Crippen molar-refractivity contribution in [3.63, 3.8) is 0 Å². The zero-order valence-corrected chi connectivity index (χ0v) is 14.9. The fourth-order valence-electron chi connectivity index (χ4n) is 2.85. The first-order valence-electron chi connectivity index (χ1n) is 8.34. The molecule has 1 fully saturated rings. The zero-order valence-electron chi connectivity index (χ0n) is 14.2. The first-order valence-corrected chi connectivity index (χ1v) is 8.72. The highest BCUT2D eigenvalue weighted by Crippen LogP contribution is 2.26. The number of benzene rings is 2. The Bertz CT molecular complexity index is 1040. The summed E-state index contributed by atoms with van der Waals surface area (Å²) in [6.07, 6.45) is 1.53. The maximum atomic E-state index is 12.6. The lowest BCUT2D eigenvalue weighted by molar-refractivity contribution is -0.123. The van der Waals surface area contributed by atoms with Gasteiger partial charge in [-0.2, -0.15) is 0 Å². The number of amides is 3. The van der Waals surface area contributed by atoms with Crippen molar-refractivity contribution >= 4 is 29.6 Å². The largest absolute Gasteiger partial charge is 0.457 e. The van der Waals surface area contributed by atoms with E-state index >= 15 is 0 Å². The Balaban J connectivity index is 1.54. The summed E-state index contributed by atoms with van der Waals surface area (Å²) in [6, 6.07) is 19.7. The molecule has 1 aliphatic rings. The molecule has 1 aliphatic heterocycles. The Kier molecular flexibility index (Phi) is 4.52. The van der Waals surface area contributed by atoms with E-state index in [4.69, 9.17) is 16.0 Å². The number of hydrogen-bond donors (Lipinski definition) is 1. The molecule has 1 saturated heterocycles. The molecule has 3 aromatic rings.